The van der Waals surface area contributed by atoms with E-state index in [0.29, 0.717) is 19.0 Å². The van der Waals surface area contributed by atoms with Gasteiger partial charge in [0.05, 0.1) is 11.8 Å². The average Bonchev–Trinajstić information content (AvgIpc) is 3.02. The lowest BCUT2D eigenvalue weighted by Gasteiger charge is -2.23. The Balaban J connectivity index is 1.62. The third-order valence-electron chi connectivity index (χ3n) is 4.95. The summed E-state index contributed by atoms with van der Waals surface area (Å²) in [6.45, 7) is 2.46. The highest BCUT2D eigenvalue weighted by molar-refractivity contribution is 5.65. The summed E-state index contributed by atoms with van der Waals surface area (Å²) in [5.41, 5.74) is 11.9. The maximum absolute atomic E-state index is 10.0. The molecule has 1 aliphatic carbocycles. The van der Waals surface area contributed by atoms with Gasteiger partial charge in [-0.25, -0.2) is 0 Å². The molecule has 0 radical (unpaired) electrons. The predicted molar refractivity (Wildman–Crippen MR) is 102 cm³/mol. The van der Waals surface area contributed by atoms with Crippen LogP contribution in [0.25, 0.3) is 11.3 Å². The van der Waals surface area contributed by atoms with Gasteiger partial charge in [0.1, 0.15) is 0 Å². The van der Waals surface area contributed by atoms with Crippen molar-refractivity contribution in [2.75, 3.05) is 5.32 Å². The minimum Gasteiger partial charge on any atom is -0.423 e. The number of oxazole rings is 1. The summed E-state index contributed by atoms with van der Waals surface area (Å²) in [4.78, 5) is 4.53. The van der Waals surface area contributed by atoms with Crippen LogP contribution in [0.1, 0.15) is 28.8 Å². The highest BCUT2D eigenvalue weighted by Crippen LogP contribution is 2.32. The van der Waals surface area contributed by atoms with Gasteiger partial charge in [0.25, 0.3) is 6.01 Å². The third-order valence-corrected chi connectivity index (χ3v) is 4.95. The van der Waals surface area contributed by atoms with Crippen LogP contribution >= 0.6 is 0 Å². The maximum Gasteiger partial charge on any atom is 0.299 e. The number of rotatable bonds is 4. The molecule has 26 heavy (non-hydrogen) atoms. The van der Waals surface area contributed by atoms with E-state index in [1.165, 1.54) is 5.56 Å². The molecule has 134 valence electrons. The number of aliphatic hydroxyl groups is 1. The summed E-state index contributed by atoms with van der Waals surface area (Å²) in [6.07, 6.45) is 2.09. The number of aliphatic hydroxyl groups excluding tert-OH is 1. The highest BCUT2D eigenvalue weighted by atomic mass is 16.4. The van der Waals surface area contributed by atoms with Gasteiger partial charge in [-0.05, 0) is 42.5 Å². The van der Waals surface area contributed by atoms with Gasteiger partial charge >= 0.3 is 0 Å². The predicted octanol–water partition coefficient (Wildman–Crippen LogP) is 3.70. The van der Waals surface area contributed by atoms with E-state index < -0.39 is 0 Å². The first-order chi connectivity index (χ1) is 12.6. The Bertz CT molecular complexity index is 916. The molecule has 0 aliphatic heterocycles. The summed E-state index contributed by atoms with van der Waals surface area (Å²) < 4.78 is 5.98. The molecule has 0 bridgehead atoms. The quantitative estimate of drug-likeness (QED) is 0.669. The van der Waals surface area contributed by atoms with Gasteiger partial charge in [0.15, 0.2) is 5.76 Å². The van der Waals surface area contributed by atoms with Crippen molar-refractivity contribution in [2.24, 2.45) is 5.73 Å². The van der Waals surface area contributed by atoms with Gasteiger partial charge in [-0.2, -0.15) is 4.98 Å². The monoisotopic (exact) mass is 349 g/mol. The van der Waals surface area contributed by atoms with E-state index in [9.17, 15) is 5.11 Å². The van der Waals surface area contributed by atoms with Gasteiger partial charge in [0.2, 0.25) is 0 Å². The Labute approximate surface area is 152 Å². The van der Waals surface area contributed by atoms with E-state index in [4.69, 9.17) is 10.2 Å². The summed E-state index contributed by atoms with van der Waals surface area (Å²) in [5, 5.41) is 13.3. The SMILES string of the molecule is Cc1nc(Nc2cccc3c2CC(O)CC3)oc1-c1ccc(CN)cc1. The van der Waals surface area contributed by atoms with Crippen LogP contribution in [0.3, 0.4) is 0 Å². The van der Waals surface area contributed by atoms with Gasteiger partial charge in [-0.15, -0.1) is 0 Å². The molecule has 4 rings (SSSR count). The van der Waals surface area contributed by atoms with Gasteiger partial charge in [-0.1, -0.05) is 36.4 Å². The van der Waals surface area contributed by atoms with Gasteiger partial charge in [0, 0.05) is 24.2 Å². The number of nitrogens with two attached hydrogens (primary N) is 1. The van der Waals surface area contributed by atoms with E-state index >= 15 is 0 Å². The third kappa shape index (κ3) is 3.23. The van der Waals surface area contributed by atoms with Crippen molar-refractivity contribution in [1.82, 2.24) is 4.98 Å². The molecular weight excluding hydrogens is 326 g/mol. The molecule has 0 fully saturated rings. The fourth-order valence-corrected chi connectivity index (χ4v) is 3.51. The Morgan fingerprint density at radius 1 is 1.23 bits per heavy atom. The standard InChI is InChI=1S/C21H23N3O2/c1-13-20(16-7-5-14(12-22)6-8-16)26-21(23-13)24-19-4-2-3-15-9-10-17(25)11-18(15)19/h2-8,17,25H,9-12,22H2,1H3,(H,23,24). The second kappa shape index (κ2) is 6.94. The number of nitrogens with one attached hydrogen (secondary N) is 1. The number of aryl methyl sites for hydroxylation is 2. The van der Waals surface area contributed by atoms with Crippen LogP contribution in [0, 0.1) is 6.92 Å². The molecule has 1 aliphatic rings. The Morgan fingerprint density at radius 3 is 2.81 bits per heavy atom. The zero-order chi connectivity index (χ0) is 18.1. The first-order valence-electron chi connectivity index (χ1n) is 8.96. The fourth-order valence-electron chi connectivity index (χ4n) is 3.51. The highest BCUT2D eigenvalue weighted by Gasteiger charge is 2.20. The number of anilines is 2. The van der Waals surface area contributed by atoms with Crippen LogP contribution in [0.4, 0.5) is 11.7 Å². The summed E-state index contributed by atoms with van der Waals surface area (Å²) in [7, 11) is 0. The summed E-state index contributed by atoms with van der Waals surface area (Å²) in [5.74, 6) is 0.751. The zero-order valence-electron chi connectivity index (χ0n) is 14.8. The molecule has 5 heteroatoms. The first kappa shape index (κ1) is 16.8. The van der Waals surface area contributed by atoms with Crippen LogP contribution in [-0.2, 0) is 19.4 Å². The van der Waals surface area contributed by atoms with E-state index in [-0.39, 0.29) is 6.10 Å². The topological polar surface area (TPSA) is 84.3 Å². The second-order valence-corrected chi connectivity index (χ2v) is 6.80. The first-order valence-corrected chi connectivity index (χ1v) is 8.96. The molecule has 1 atom stereocenters. The van der Waals surface area contributed by atoms with Crippen molar-refractivity contribution in [2.45, 2.75) is 38.8 Å². The Morgan fingerprint density at radius 2 is 2.04 bits per heavy atom. The van der Waals surface area contributed by atoms with E-state index in [1.54, 1.807) is 0 Å². The molecule has 0 saturated carbocycles. The zero-order valence-corrected chi connectivity index (χ0v) is 14.8. The second-order valence-electron chi connectivity index (χ2n) is 6.80. The molecule has 4 N–H and O–H groups in total. The van der Waals surface area contributed by atoms with E-state index in [2.05, 4.69) is 16.4 Å². The summed E-state index contributed by atoms with van der Waals surface area (Å²) >= 11 is 0. The molecule has 0 spiro atoms. The number of benzene rings is 2. The number of hydrogen-bond acceptors (Lipinski definition) is 5. The average molecular weight is 349 g/mol. The van der Waals surface area contributed by atoms with Gasteiger partial charge < -0.3 is 20.6 Å². The minimum absolute atomic E-state index is 0.284. The number of hydrogen-bond donors (Lipinski definition) is 3. The molecule has 1 heterocycles. The number of nitrogens with zero attached hydrogens (tertiary/aromatic N) is 1. The van der Waals surface area contributed by atoms with Crippen molar-refractivity contribution in [3.63, 3.8) is 0 Å². The normalized spacial score (nSPS) is 16.3. The van der Waals surface area contributed by atoms with E-state index in [1.807, 2.05) is 43.3 Å². The maximum atomic E-state index is 10.0. The Kier molecular flexibility index (Phi) is 4.49. The molecular formula is C21H23N3O2. The molecule has 0 amide bonds. The van der Waals surface area contributed by atoms with Crippen LogP contribution in [0.5, 0.6) is 0 Å². The Hall–Kier alpha value is -2.63. The van der Waals surface area contributed by atoms with Crippen molar-refractivity contribution < 1.29 is 9.52 Å². The lowest BCUT2D eigenvalue weighted by molar-refractivity contribution is 0.159. The van der Waals surface area contributed by atoms with Crippen molar-refractivity contribution in [3.05, 3.63) is 64.8 Å². The molecule has 5 nitrogen and oxygen atoms in total. The molecule has 1 unspecified atom stereocenters. The lowest BCUT2D eigenvalue weighted by Crippen LogP contribution is -2.19. The van der Waals surface area contributed by atoms with E-state index in [0.717, 1.165) is 46.7 Å². The fraction of sp³-hybridized carbons (Fsp3) is 0.286. The van der Waals surface area contributed by atoms with Crippen LogP contribution < -0.4 is 11.1 Å². The van der Waals surface area contributed by atoms with Gasteiger partial charge in [-0.3, -0.25) is 0 Å². The summed E-state index contributed by atoms with van der Waals surface area (Å²) in [6, 6.07) is 14.6. The molecule has 0 saturated heterocycles. The van der Waals surface area contributed by atoms with Crippen molar-refractivity contribution >= 4 is 11.7 Å². The van der Waals surface area contributed by atoms with Crippen molar-refractivity contribution in [1.29, 1.82) is 0 Å². The molecule has 3 aromatic rings. The lowest BCUT2D eigenvalue weighted by atomic mass is 9.88. The number of aromatic nitrogens is 1. The largest absolute Gasteiger partial charge is 0.423 e. The van der Waals surface area contributed by atoms with Crippen LogP contribution in [0.2, 0.25) is 0 Å². The van der Waals surface area contributed by atoms with Crippen molar-refractivity contribution in [3.8, 4) is 11.3 Å². The smallest absolute Gasteiger partial charge is 0.299 e. The molecule has 2 aromatic carbocycles. The number of fused-ring (bicyclic) bond motifs is 1. The minimum atomic E-state index is -0.284. The molecule has 1 aromatic heterocycles. The van der Waals surface area contributed by atoms with Crippen LogP contribution in [0.15, 0.2) is 46.9 Å². The van der Waals surface area contributed by atoms with Crippen LogP contribution in [-0.4, -0.2) is 16.2 Å².